The molecule has 3 nitrogen and oxygen atoms in total. The van der Waals surface area contributed by atoms with E-state index in [4.69, 9.17) is 17.3 Å². The van der Waals surface area contributed by atoms with Crippen LogP contribution in [0, 0.1) is 0 Å². The smallest absolute Gasteiger partial charge is 0.0570 e. The van der Waals surface area contributed by atoms with Gasteiger partial charge in [-0.2, -0.15) is 0 Å². The first kappa shape index (κ1) is 15.3. The standard InChI is InChI=1S/C17H25ClN2O/c1-2-16(19)17(11-3-5-12(18)6-4-11)20-13-7-8-14(20)10-15(21)9-13/h3-6,13-17,21H,2,7-10,19H2,1H3. The molecular weight excluding hydrogens is 284 g/mol. The number of aliphatic hydroxyl groups is 1. The lowest BCUT2D eigenvalue weighted by Gasteiger charge is -2.44. The van der Waals surface area contributed by atoms with Crippen LogP contribution in [0.2, 0.25) is 5.02 Å². The normalized spacial score (nSPS) is 32.1. The molecule has 0 amide bonds. The Bertz CT molecular complexity index is 464. The summed E-state index contributed by atoms with van der Waals surface area (Å²) in [4.78, 5) is 2.59. The molecule has 3 N–H and O–H groups in total. The maximum atomic E-state index is 10.0. The molecule has 3 rings (SSSR count). The third kappa shape index (κ3) is 2.98. The number of aliphatic hydroxyl groups excluding tert-OH is 1. The molecule has 0 saturated carbocycles. The van der Waals surface area contributed by atoms with Gasteiger partial charge in [0.15, 0.2) is 0 Å². The lowest BCUT2D eigenvalue weighted by atomic mass is 9.90. The molecule has 2 bridgehead atoms. The largest absolute Gasteiger partial charge is 0.393 e. The Kier molecular flexibility index (Phi) is 4.55. The minimum absolute atomic E-state index is 0.115. The van der Waals surface area contributed by atoms with Crippen molar-refractivity contribution in [1.82, 2.24) is 4.90 Å². The summed E-state index contributed by atoms with van der Waals surface area (Å²) in [7, 11) is 0. The molecule has 116 valence electrons. The van der Waals surface area contributed by atoms with Crippen molar-refractivity contribution in [2.75, 3.05) is 0 Å². The van der Waals surface area contributed by atoms with Crippen LogP contribution in [-0.2, 0) is 0 Å². The Hall–Kier alpha value is -0.610. The topological polar surface area (TPSA) is 49.5 Å². The number of piperidine rings is 1. The maximum absolute atomic E-state index is 10.0. The van der Waals surface area contributed by atoms with E-state index >= 15 is 0 Å². The quantitative estimate of drug-likeness (QED) is 0.898. The van der Waals surface area contributed by atoms with E-state index in [-0.39, 0.29) is 18.2 Å². The average Bonchev–Trinajstić information content (AvgIpc) is 2.73. The zero-order valence-electron chi connectivity index (χ0n) is 12.6. The van der Waals surface area contributed by atoms with Crippen LogP contribution in [-0.4, -0.2) is 34.2 Å². The number of rotatable bonds is 4. The second-order valence-corrected chi connectivity index (χ2v) is 6.96. The fourth-order valence-corrected chi connectivity index (χ4v) is 4.29. The molecule has 4 unspecified atom stereocenters. The fraction of sp³-hybridized carbons (Fsp3) is 0.647. The van der Waals surface area contributed by atoms with E-state index in [9.17, 15) is 5.11 Å². The minimum Gasteiger partial charge on any atom is -0.393 e. The van der Waals surface area contributed by atoms with Gasteiger partial charge in [0.25, 0.3) is 0 Å². The van der Waals surface area contributed by atoms with Gasteiger partial charge < -0.3 is 10.8 Å². The second-order valence-electron chi connectivity index (χ2n) is 6.53. The van der Waals surface area contributed by atoms with Crippen LogP contribution in [0.1, 0.15) is 50.6 Å². The lowest BCUT2D eigenvalue weighted by Crippen LogP contribution is -2.51. The first-order chi connectivity index (χ1) is 10.1. The van der Waals surface area contributed by atoms with Gasteiger partial charge in [-0.3, -0.25) is 4.90 Å². The zero-order chi connectivity index (χ0) is 15.0. The number of hydrogen-bond donors (Lipinski definition) is 2. The van der Waals surface area contributed by atoms with Crippen molar-refractivity contribution >= 4 is 11.6 Å². The van der Waals surface area contributed by atoms with Crippen molar-refractivity contribution in [3.05, 3.63) is 34.9 Å². The summed E-state index contributed by atoms with van der Waals surface area (Å²) in [6, 6.07) is 9.40. The van der Waals surface area contributed by atoms with Crippen molar-refractivity contribution < 1.29 is 5.11 Å². The van der Waals surface area contributed by atoms with Gasteiger partial charge in [0, 0.05) is 23.1 Å². The average molecular weight is 309 g/mol. The van der Waals surface area contributed by atoms with E-state index in [2.05, 4.69) is 24.0 Å². The van der Waals surface area contributed by atoms with Crippen LogP contribution in [0.25, 0.3) is 0 Å². The lowest BCUT2D eigenvalue weighted by molar-refractivity contribution is 0.00232. The second kappa shape index (κ2) is 6.25. The van der Waals surface area contributed by atoms with Crippen molar-refractivity contribution in [3.8, 4) is 0 Å². The predicted molar refractivity (Wildman–Crippen MR) is 86.3 cm³/mol. The van der Waals surface area contributed by atoms with E-state index in [1.807, 2.05) is 12.1 Å². The van der Waals surface area contributed by atoms with Crippen LogP contribution in [0.3, 0.4) is 0 Å². The summed E-state index contributed by atoms with van der Waals surface area (Å²) >= 11 is 6.03. The van der Waals surface area contributed by atoms with Gasteiger partial charge in [0.05, 0.1) is 12.1 Å². The third-order valence-electron chi connectivity index (χ3n) is 5.17. The number of benzene rings is 1. The highest BCUT2D eigenvalue weighted by Crippen LogP contribution is 2.43. The summed E-state index contributed by atoms with van der Waals surface area (Å²) in [5.74, 6) is 0. The fourth-order valence-electron chi connectivity index (χ4n) is 4.16. The SMILES string of the molecule is CCC(N)C(c1ccc(Cl)cc1)N1C2CCC1CC(O)C2. The molecule has 0 spiro atoms. The number of fused-ring (bicyclic) bond motifs is 2. The Morgan fingerprint density at radius 3 is 2.33 bits per heavy atom. The van der Waals surface area contributed by atoms with Crippen molar-refractivity contribution in [1.29, 1.82) is 0 Å². The molecule has 2 fully saturated rings. The molecule has 0 aromatic heterocycles. The molecule has 2 heterocycles. The molecule has 4 heteroatoms. The maximum Gasteiger partial charge on any atom is 0.0570 e. The monoisotopic (exact) mass is 308 g/mol. The van der Waals surface area contributed by atoms with E-state index in [0.29, 0.717) is 12.1 Å². The highest BCUT2D eigenvalue weighted by molar-refractivity contribution is 6.30. The molecule has 2 aliphatic heterocycles. The molecular formula is C17H25ClN2O. The van der Waals surface area contributed by atoms with Gasteiger partial charge in [0.1, 0.15) is 0 Å². The van der Waals surface area contributed by atoms with Gasteiger partial charge in [-0.15, -0.1) is 0 Å². The summed E-state index contributed by atoms with van der Waals surface area (Å²) in [6.45, 7) is 2.15. The summed E-state index contributed by atoms with van der Waals surface area (Å²) in [5.41, 5.74) is 7.72. The Labute approximate surface area is 132 Å². The molecule has 1 aromatic rings. The minimum atomic E-state index is -0.137. The van der Waals surface area contributed by atoms with Gasteiger partial charge in [-0.25, -0.2) is 0 Å². The molecule has 21 heavy (non-hydrogen) atoms. The highest BCUT2D eigenvalue weighted by atomic mass is 35.5. The molecule has 1 aromatic carbocycles. The highest BCUT2D eigenvalue weighted by Gasteiger charge is 2.45. The van der Waals surface area contributed by atoms with Gasteiger partial charge in [-0.05, 0) is 49.8 Å². The van der Waals surface area contributed by atoms with E-state index < -0.39 is 0 Å². The van der Waals surface area contributed by atoms with Crippen molar-refractivity contribution in [2.45, 2.75) is 69.3 Å². The predicted octanol–water partition coefficient (Wildman–Crippen LogP) is 3.11. The molecule has 0 aliphatic carbocycles. The zero-order valence-corrected chi connectivity index (χ0v) is 13.3. The molecule has 2 saturated heterocycles. The van der Waals surface area contributed by atoms with Crippen LogP contribution >= 0.6 is 11.6 Å². The molecule has 2 aliphatic rings. The van der Waals surface area contributed by atoms with Crippen LogP contribution in [0.5, 0.6) is 0 Å². The summed E-state index contributed by atoms with van der Waals surface area (Å²) in [6.07, 6.45) is 4.95. The number of nitrogens with zero attached hydrogens (tertiary/aromatic N) is 1. The Morgan fingerprint density at radius 1 is 1.24 bits per heavy atom. The Balaban J connectivity index is 1.91. The summed E-state index contributed by atoms with van der Waals surface area (Å²) in [5, 5.41) is 10.8. The first-order valence-electron chi connectivity index (χ1n) is 8.06. The number of hydrogen-bond acceptors (Lipinski definition) is 3. The van der Waals surface area contributed by atoms with Crippen LogP contribution in [0.4, 0.5) is 0 Å². The first-order valence-corrected chi connectivity index (χ1v) is 8.44. The third-order valence-corrected chi connectivity index (χ3v) is 5.43. The number of halogens is 1. The molecule has 0 radical (unpaired) electrons. The molecule has 4 atom stereocenters. The van der Waals surface area contributed by atoms with E-state index in [1.165, 1.54) is 18.4 Å². The van der Waals surface area contributed by atoms with E-state index in [0.717, 1.165) is 24.3 Å². The Morgan fingerprint density at radius 2 is 1.81 bits per heavy atom. The van der Waals surface area contributed by atoms with Gasteiger partial charge in [-0.1, -0.05) is 30.7 Å². The summed E-state index contributed by atoms with van der Waals surface area (Å²) < 4.78 is 0. The van der Waals surface area contributed by atoms with Gasteiger partial charge >= 0.3 is 0 Å². The van der Waals surface area contributed by atoms with Crippen molar-refractivity contribution in [3.63, 3.8) is 0 Å². The van der Waals surface area contributed by atoms with Gasteiger partial charge in [0.2, 0.25) is 0 Å². The van der Waals surface area contributed by atoms with Crippen LogP contribution < -0.4 is 5.73 Å². The number of nitrogens with two attached hydrogens (primary N) is 1. The van der Waals surface area contributed by atoms with E-state index in [1.54, 1.807) is 0 Å². The van der Waals surface area contributed by atoms with Crippen molar-refractivity contribution in [2.24, 2.45) is 5.73 Å². The van der Waals surface area contributed by atoms with Crippen LogP contribution in [0.15, 0.2) is 24.3 Å².